The summed E-state index contributed by atoms with van der Waals surface area (Å²) in [5.41, 5.74) is 3.41. The first kappa shape index (κ1) is 26.6. The maximum atomic E-state index is 13.2. The molecule has 5 heteroatoms. The smallest absolute Gasteiger partial charge is 0.368 e. The Balaban J connectivity index is 1.66. The van der Waals surface area contributed by atoms with E-state index in [-0.39, 0.29) is 5.92 Å². The Morgan fingerprint density at radius 2 is 1.22 bits per heavy atom. The maximum absolute atomic E-state index is 13.2. The largest absolute Gasteiger partial charge is 0.416 e. The molecule has 0 aliphatic rings. The molecule has 0 radical (unpaired) electrons. The lowest BCUT2D eigenvalue weighted by Gasteiger charge is -2.28. The van der Waals surface area contributed by atoms with E-state index in [9.17, 15) is 13.2 Å². The van der Waals surface area contributed by atoms with E-state index in [1.807, 2.05) is 42.5 Å². The molecular formula is C32H31F3OSi. The summed E-state index contributed by atoms with van der Waals surface area (Å²) in [6.45, 7) is 4.75. The monoisotopic (exact) mass is 516 g/mol. The van der Waals surface area contributed by atoms with E-state index < -0.39 is 25.9 Å². The van der Waals surface area contributed by atoms with Gasteiger partial charge in [0.15, 0.2) is 0 Å². The number of rotatable bonds is 9. The summed E-state index contributed by atoms with van der Waals surface area (Å²) in [5.74, 6) is -0.0697. The number of halogens is 3. The number of hydrogen-bond acceptors (Lipinski definition) is 1. The standard InChI is InChI=1S/C32H31F3OSi/c1-25(22-23-37(2,29-14-8-4-9-15-29)30-16-10-5-11-17-30)31(36-24-26-12-6-3-7-13-26)27-18-20-28(21-19-27)32(33,34)35/h3-23,25,31H,24H2,1-2H3/b23-22+/t25-,31+/m1/s1. The normalized spacial score (nSPS) is 14.0. The van der Waals surface area contributed by atoms with Crippen molar-refractivity contribution < 1.29 is 17.9 Å². The van der Waals surface area contributed by atoms with Crippen LogP contribution in [0.1, 0.15) is 29.7 Å². The highest BCUT2D eigenvalue weighted by molar-refractivity contribution is 7.05. The molecule has 0 saturated carbocycles. The maximum Gasteiger partial charge on any atom is 0.416 e. The molecule has 0 fully saturated rings. The van der Waals surface area contributed by atoms with Crippen molar-refractivity contribution in [2.45, 2.75) is 32.4 Å². The van der Waals surface area contributed by atoms with E-state index in [2.05, 4.69) is 73.8 Å². The predicted octanol–water partition coefficient (Wildman–Crippen LogP) is 7.59. The lowest BCUT2D eigenvalue weighted by atomic mass is 9.96. The average Bonchev–Trinajstić information content (AvgIpc) is 2.93. The van der Waals surface area contributed by atoms with Gasteiger partial charge in [-0.15, -0.1) is 0 Å². The van der Waals surface area contributed by atoms with Gasteiger partial charge in [0, 0.05) is 5.92 Å². The fourth-order valence-electron chi connectivity index (χ4n) is 4.55. The Labute approximate surface area is 218 Å². The molecule has 0 aliphatic carbocycles. The molecule has 4 aromatic rings. The molecule has 0 amide bonds. The highest BCUT2D eigenvalue weighted by Crippen LogP contribution is 2.33. The van der Waals surface area contributed by atoms with Gasteiger partial charge in [0.25, 0.3) is 0 Å². The van der Waals surface area contributed by atoms with Crippen molar-refractivity contribution in [1.29, 1.82) is 0 Å². The van der Waals surface area contributed by atoms with E-state index >= 15 is 0 Å². The van der Waals surface area contributed by atoms with Gasteiger partial charge in [-0.05, 0) is 23.3 Å². The van der Waals surface area contributed by atoms with Crippen LogP contribution in [0.25, 0.3) is 0 Å². The summed E-state index contributed by atoms with van der Waals surface area (Å²) < 4.78 is 45.9. The molecular weight excluding hydrogens is 485 g/mol. The second-order valence-corrected chi connectivity index (χ2v) is 13.4. The lowest BCUT2D eigenvalue weighted by Crippen LogP contribution is -2.54. The van der Waals surface area contributed by atoms with Crippen LogP contribution in [0.5, 0.6) is 0 Å². The first-order valence-electron chi connectivity index (χ1n) is 12.4. The summed E-state index contributed by atoms with van der Waals surface area (Å²) in [4.78, 5) is 0. The van der Waals surface area contributed by atoms with Crippen LogP contribution in [-0.2, 0) is 17.5 Å². The van der Waals surface area contributed by atoms with E-state index in [4.69, 9.17) is 4.74 Å². The number of alkyl halides is 3. The Hall–Kier alpha value is -3.41. The zero-order valence-corrected chi connectivity index (χ0v) is 22.0. The van der Waals surface area contributed by atoms with Crippen molar-refractivity contribution in [3.63, 3.8) is 0 Å². The number of hydrogen-bond donors (Lipinski definition) is 0. The van der Waals surface area contributed by atoms with Crippen molar-refractivity contribution >= 4 is 18.4 Å². The zero-order chi connectivity index (χ0) is 26.3. The molecule has 4 aromatic carbocycles. The van der Waals surface area contributed by atoms with E-state index in [1.54, 1.807) is 0 Å². The highest BCUT2D eigenvalue weighted by Gasteiger charge is 2.32. The molecule has 4 rings (SSSR count). The van der Waals surface area contributed by atoms with Gasteiger partial charge in [-0.2, -0.15) is 13.2 Å². The van der Waals surface area contributed by atoms with Gasteiger partial charge < -0.3 is 4.74 Å². The van der Waals surface area contributed by atoms with E-state index in [1.165, 1.54) is 22.5 Å². The van der Waals surface area contributed by atoms with Crippen molar-refractivity contribution in [1.82, 2.24) is 0 Å². The van der Waals surface area contributed by atoms with Crippen molar-refractivity contribution in [2.24, 2.45) is 5.92 Å². The fourth-order valence-corrected chi connectivity index (χ4v) is 7.72. The number of benzene rings is 4. The van der Waals surface area contributed by atoms with Gasteiger partial charge in [-0.25, -0.2) is 0 Å². The van der Waals surface area contributed by atoms with Gasteiger partial charge in [-0.1, -0.05) is 139 Å². The summed E-state index contributed by atoms with van der Waals surface area (Å²) >= 11 is 0. The predicted molar refractivity (Wildman–Crippen MR) is 147 cm³/mol. The third kappa shape index (κ3) is 6.67. The van der Waals surface area contributed by atoms with Gasteiger partial charge >= 0.3 is 6.18 Å². The van der Waals surface area contributed by atoms with Crippen molar-refractivity contribution in [3.05, 3.63) is 144 Å². The van der Waals surface area contributed by atoms with Crippen LogP contribution in [0.2, 0.25) is 6.55 Å². The van der Waals surface area contributed by atoms with Crippen molar-refractivity contribution in [2.75, 3.05) is 0 Å². The van der Waals surface area contributed by atoms with Gasteiger partial charge in [-0.3, -0.25) is 0 Å². The lowest BCUT2D eigenvalue weighted by molar-refractivity contribution is -0.137. The van der Waals surface area contributed by atoms with Crippen LogP contribution in [0, 0.1) is 5.92 Å². The minimum atomic E-state index is -4.37. The SMILES string of the molecule is C[C@H](/C=C/[Si](C)(c1ccccc1)c1ccccc1)[C@H](OCc1ccccc1)c1ccc(C(F)(F)F)cc1. The zero-order valence-electron chi connectivity index (χ0n) is 21.0. The molecule has 1 nitrogen and oxygen atoms in total. The van der Waals surface area contributed by atoms with Crippen LogP contribution < -0.4 is 10.4 Å². The van der Waals surface area contributed by atoms with Gasteiger partial charge in [0.1, 0.15) is 8.07 Å². The summed E-state index contributed by atoms with van der Waals surface area (Å²) in [7, 11) is -2.22. The summed E-state index contributed by atoms with van der Waals surface area (Å²) in [6, 6.07) is 36.2. The Kier molecular flexibility index (Phi) is 8.47. The minimum absolute atomic E-state index is 0.0697. The second-order valence-electron chi connectivity index (χ2n) is 9.49. The Morgan fingerprint density at radius 3 is 1.70 bits per heavy atom. The molecule has 0 heterocycles. The highest BCUT2D eigenvalue weighted by atomic mass is 28.3. The molecule has 0 spiro atoms. The van der Waals surface area contributed by atoms with Crippen LogP contribution in [0.15, 0.2) is 127 Å². The van der Waals surface area contributed by atoms with Gasteiger partial charge in [0.05, 0.1) is 18.3 Å². The molecule has 0 N–H and O–H groups in total. The number of ether oxygens (including phenoxy) is 1. The Morgan fingerprint density at radius 1 is 0.730 bits per heavy atom. The Bertz CT molecular complexity index is 1230. The first-order valence-corrected chi connectivity index (χ1v) is 15.0. The summed E-state index contributed by atoms with van der Waals surface area (Å²) in [5, 5.41) is 2.59. The van der Waals surface area contributed by atoms with Crippen molar-refractivity contribution in [3.8, 4) is 0 Å². The molecule has 0 aliphatic heterocycles. The average molecular weight is 517 g/mol. The fraction of sp³-hybridized carbons (Fsp3) is 0.188. The summed E-state index contributed by atoms with van der Waals surface area (Å²) in [6.07, 6.45) is -2.59. The van der Waals surface area contributed by atoms with E-state index in [0.717, 1.165) is 23.3 Å². The van der Waals surface area contributed by atoms with E-state index in [0.29, 0.717) is 6.61 Å². The topological polar surface area (TPSA) is 9.23 Å². The molecule has 0 unspecified atom stereocenters. The third-order valence-corrected chi connectivity index (χ3v) is 10.7. The quantitative estimate of drug-likeness (QED) is 0.208. The van der Waals surface area contributed by atoms with Gasteiger partial charge in [0.2, 0.25) is 0 Å². The molecule has 37 heavy (non-hydrogen) atoms. The third-order valence-electron chi connectivity index (χ3n) is 6.80. The van der Waals surface area contributed by atoms with Crippen LogP contribution in [0.4, 0.5) is 13.2 Å². The molecule has 0 aromatic heterocycles. The molecule has 190 valence electrons. The van der Waals surface area contributed by atoms with Crippen LogP contribution >= 0.6 is 0 Å². The second kappa shape index (κ2) is 11.8. The first-order chi connectivity index (χ1) is 17.8. The minimum Gasteiger partial charge on any atom is -0.368 e. The molecule has 0 bridgehead atoms. The van der Waals surface area contributed by atoms with Crippen LogP contribution in [-0.4, -0.2) is 8.07 Å². The van der Waals surface area contributed by atoms with Crippen LogP contribution in [0.3, 0.4) is 0 Å². The molecule has 0 saturated heterocycles. The molecule has 2 atom stereocenters.